The van der Waals surface area contributed by atoms with Gasteiger partial charge in [0.1, 0.15) is 18.4 Å². The molecule has 0 spiro atoms. The van der Waals surface area contributed by atoms with Crippen molar-refractivity contribution >= 4 is 11.6 Å². The van der Waals surface area contributed by atoms with Crippen LogP contribution in [0, 0.1) is 6.92 Å². The van der Waals surface area contributed by atoms with Crippen molar-refractivity contribution in [1.29, 1.82) is 0 Å². The second-order valence-electron chi connectivity index (χ2n) is 6.35. The first kappa shape index (κ1) is 17.5. The third-order valence-electron chi connectivity index (χ3n) is 4.30. The molecule has 0 bridgehead atoms. The lowest BCUT2D eigenvalue weighted by Crippen LogP contribution is -2.27. The van der Waals surface area contributed by atoms with Crippen LogP contribution in [0.4, 0.5) is 5.69 Å². The van der Waals surface area contributed by atoms with Crippen LogP contribution in [0.3, 0.4) is 0 Å². The molecule has 0 aliphatic carbocycles. The van der Waals surface area contributed by atoms with Crippen molar-refractivity contribution in [2.75, 3.05) is 18.5 Å². The summed E-state index contributed by atoms with van der Waals surface area (Å²) in [5, 5.41) is 2.84. The number of nitrogens with two attached hydrogens (primary N) is 1. The van der Waals surface area contributed by atoms with Gasteiger partial charge in [0.25, 0.3) is 0 Å². The Balaban J connectivity index is 1.53. The smallest absolute Gasteiger partial charge is 0.245 e. The van der Waals surface area contributed by atoms with Crippen LogP contribution >= 0.6 is 0 Å². The Morgan fingerprint density at radius 2 is 1.96 bits per heavy atom. The number of benzene rings is 2. The zero-order chi connectivity index (χ0) is 17.6. The van der Waals surface area contributed by atoms with Crippen LogP contribution in [0.25, 0.3) is 0 Å². The van der Waals surface area contributed by atoms with Crippen LogP contribution in [0.15, 0.2) is 48.5 Å². The molecule has 2 aromatic carbocycles. The lowest BCUT2D eigenvalue weighted by molar-refractivity contribution is -0.117. The van der Waals surface area contributed by atoms with Crippen molar-refractivity contribution in [2.24, 2.45) is 5.73 Å². The predicted octanol–water partition coefficient (Wildman–Crippen LogP) is 3.19. The van der Waals surface area contributed by atoms with Gasteiger partial charge in [-0.15, -0.1) is 0 Å². The number of hydrogen-bond acceptors (Lipinski definition) is 4. The van der Waals surface area contributed by atoms with Gasteiger partial charge in [-0.3, -0.25) is 4.79 Å². The number of anilines is 1. The minimum absolute atomic E-state index is 0.187. The van der Waals surface area contributed by atoms with Gasteiger partial charge in [0.15, 0.2) is 0 Å². The first-order valence-electron chi connectivity index (χ1n) is 8.59. The van der Waals surface area contributed by atoms with E-state index in [-0.39, 0.29) is 12.0 Å². The van der Waals surface area contributed by atoms with Crippen molar-refractivity contribution in [3.8, 4) is 5.75 Å². The largest absolute Gasteiger partial charge is 0.491 e. The second-order valence-corrected chi connectivity index (χ2v) is 6.35. The van der Waals surface area contributed by atoms with Gasteiger partial charge in [-0.25, -0.2) is 0 Å². The van der Waals surface area contributed by atoms with E-state index in [1.165, 1.54) is 0 Å². The molecule has 0 radical (unpaired) electrons. The summed E-state index contributed by atoms with van der Waals surface area (Å²) >= 11 is 0. The van der Waals surface area contributed by atoms with Gasteiger partial charge >= 0.3 is 0 Å². The molecule has 5 nitrogen and oxygen atoms in total. The van der Waals surface area contributed by atoms with E-state index in [1.54, 1.807) is 0 Å². The molecule has 132 valence electrons. The monoisotopic (exact) mass is 340 g/mol. The first-order chi connectivity index (χ1) is 12.1. The van der Waals surface area contributed by atoms with Crippen molar-refractivity contribution in [2.45, 2.75) is 31.9 Å². The summed E-state index contributed by atoms with van der Waals surface area (Å²) in [5.74, 6) is 0.521. The molecule has 5 heteroatoms. The topological polar surface area (TPSA) is 73.6 Å². The Morgan fingerprint density at radius 3 is 2.60 bits per heavy atom. The Morgan fingerprint density at radius 1 is 1.24 bits per heavy atom. The van der Waals surface area contributed by atoms with E-state index in [0.29, 0.717) is 12.3 Å². The van der Waals surface area contributed by atoms with E-state index in [2.05, 4.69) is 5.32 Å². The van der Waals surface area contributed by atoms with E-state index in [0.717, 1.165) is 36.3 Å². The first-order valence-corrected chi connectivity index (χ1v) is 8.59. The van der Waals surface area contributed by atoms with E-state index in [4.69, 9.17) is 15.2 Å². The molecule has 2 aromatic rings. The highest BCUT2D eigenvalue weighted by atomic mass is 16.5. The molecule has 1 aliphatic heterocycles. The molecule has 2 unspecified atom stereocenters. The number of amides is 1. The molecular formula is C20H24N2O3. The molecule has 3 N–H and O–H groups in total. The van der Waals surface area contributed by atoms with Gasteiger partial charge in [-0.1, -0.05) is 29.8 Å². The van der Waals surface area contributed by atoms with Crippen molar-refractivity contribution < 1.29 is 14.3 Å². The van der Waals surface area contributed by atoms with E-state index in [1.807, 2.05) is 55.5 Å². The molecule has 1 fully saturated rings. The van der Waals surface area contributed by atoms with Gasteiger partial charge < -0.3 is 20.5 Å². The summed E-state index contributed by atoms with van der Waals surface area (Å²) in [6.45, 7) is 3.38. The number of ether oxygens (including phenoxy) is 2. The zero-order valence-corrected chi connectivity index (χ0v) is 14.4. The molecule has 2 atom stereocenters. The number of carbonyl (C=O) groups excluding carboxylic acids is 1. The van der Waals surface area contributed by atoms with Crippen LogP contribution in [0.1, 0.15) is 30.0 Å². The Labute approximate surface area is 148 Å². The summed E-state index contributed by atoms with van der Waals surface area (Å²) in [7, 11) is 0. The SMILES string of the molecule is Cc1ccc(C(N)C(=O)Nc2ccc(OCC3CCCO3)cc2)cc1. The van der Waals surface area contributed by atoms with E-state index >= 15 is 0 Å². The number of aryl methyl sites for hydroxylation is 1. The minimum atomic E-state index is -0.698. The number of rotatable bonds is 6. The summed E-state index contributed by atoms with van der Waals surface area (Å²) in [4.78, 5) is 12.3. The molecule has 0 saturated carbocycles. The van der Waals surface area contributed by atoms with Crippen LogP contribution in [0.2, 0.25) is 0 Å². The average Bonchev–Trinajstić information content (AvgIpc) is 3.15. The molecule has 1 amide bonds. The van der Waals surface area contributed by atoms with Crippen molar-refractivity contribution in [3.63, 3.8) is 0 Å². The van der Waals surface area contributed by atoms with Gasteiger partial charge in [-0.2, -0.15) is 0 Å². The molecule has 1 aliphatic rings. The lowest BCUT2D eigenvalue weighted by Gasteiger charge is -2.14. The Kier molecular flexibility index (Phi) is 5.68. The van der Waals surface area contributed by atoms with Gasteiger partial charge in [0.05, 0.1) is 6.10 Å². The number of nitrogens with one attached hydrogen (secondary N) is 1. The normalized spacial score (nSPS) is 17.9. The summed E-state index contributed by atoms with van der Waals surface area (Å²) in [5.41, 5.74) is 8.65. The van der Waals surface area contributed by atoms with E-state index < -0.39 is 6.04 Å². The summed E-state index contributed by atoms with van der Waals surface area (Å²) < 4.78 is 11.2. The summed E-state index contributed by atoms with van der Waals surface area (Å²) in [6, 6.07) is 14.2. The molecule has 1 saturated heterocycles. The van der Waals surface area contributed by atoms with Crippen LogP contribution in [0.5, 0.6) is 5.75 Å². The molecular weight excluding hydrogens is 316 g/mol. The highest BCUT2D eigenvalue weighted by molar-refractivity contribution is 5.95. The Bertz CT molecular complexity index is 692. The van der Waals surface area contributed by atoms with Gasteiger partial charge in [0.2, 0.25) is 5.91 Å². The Hall–Kier alpha value is -2.37. The average molecular weight is 340 g/mol. The molecule has 3 rings (SSSR count). The number of hydrogen-bond donors (Lipinski definition) is 2. The fraction of sp³-hybridized carbons (Fsp3) is 0.350. The van der Waals surface area contributed by atoms with Crippen LogP contribution < -0.4 is 15.8 Å². The second kappa shape index (κ2) is 8.14. The number of carbonyl (C=O) groups is 1. The summed E-state index contributed by atoms with van der Waals surface area (Å²) in [6.07, 6.45) is 2.33. The van der Waals surface area contributed by atoms with Crippen LogP contribution in [-0.2, 0) is 9.53 Å². The highest BCUT2D eigenvalue weighted by Gasteiger charge is 2.17. The maximum absolute atomic E-state index is 12.3. The van der Waals surface area contributed by atoms with Crippen molar-refractivity contribution in [3.05, 3.63) is 59.7 Å². The quantitative estimate of drug-likeness (QED) is 0.847. The van der Waals surface area contributed by atoms with Gasteiger partial charge in [-0.05, 0) is 49.6 Å². The lowest BCUT2D eigenvalue weighted by atomic mass is 10.1. The van der Waals surface area contributed by atoms with Crippen LogP contribution in [-0.4, -0.2) is 25.2 Å². The predicted molar refractivity (Wildman–Crippen MR) is 97.6 cm³/mol. The van der Waals surface area contributed by atoms with Gasteiger partial charge in [0, 0.05) is 12.3 Å². The maximum Gasteiger partial charge on any atom is 0.245 e. The standard InChI is InChI=1S/C20H24N2O3/c1-14-4-6-15(7-5-14)19(21)20(23)22-16-8-10-17(11-9-16)25-13-18-3-2-12-24-18/h4-11,18-19H,2-3,12-13,21H2,1H3,(H,22,23). The maximum atomic E-state index is 12.3. The zero-order valence-electron chi connectivity index (χ0n) is 14.4. The minimum Gasteiger partial charge on any atom is -0.491 e. The molecule has 1 heterocycles. The third kappa shape index (κ3) is 4.81. The highest BCUT2D eigenvalue weighted by Crippen LogP contribution is 2.20. The fourth-order valence-electron chi connectivity index (χ4n) is 2.74. The van der Waals surface area contributed by atoms with Crippen molar-refractivity contribution in [1.82, 2.24) is 0 Å². The molecule has 25 heavy (non-hydrogen) atoms. The fourth-order valence-corrected chi connectivity index (χ4v) is 2.74. The molecule has 0 aromatic heterocycles. The van der Waals surface area contributed by atoms with E-state index in [9.17, 15) is 4.79 Å². The third-order valence-corrected chi connectivity index (χ3v) is 4.30.